The Morgan fingerprint density at radius 3 is 2.30 bits per heavy atom. The quantitative estimate of drug-likeness (QED) is 0.222. The molecule has 4 aromatic rings. The molecule has 1 N–H and O–H groups in total. The van der Waals surface area contributed by atoms with Crippen molar-refractivity contribution in [3.63, 3.8) is 0 Å². The van der Waals surface area contributed by atoms with Gasteiger partial charge in [0.25, 0.3) is 15.9 Å². The van der Waals surface area contributed by atoms with Gasteiger partial charge in [-0.25, -0.2) is 13.4 Å². The summed E-state index contributed by atoms with van der Waals surface area (Å²) in [5.41, 5.74) is 3.86. The summed E-state index contributed by atoms with van der Waals surface area (Å²) < 4.78 is 34.7. The fourth-order valence-corrected chi connectivity index (χ4v) is 6.31. The molecule has 0 radical (unpaired) electrons. The molecule has 40 heavy (non-hydrogen) atoms. The van der Waals surface area contributed by atoms with Crippen molar-refractivity contribution >= 4 is 60.7 Å². The normalized spacial score (nSPS) is 11.3. The van der Waals surface area contributed by atoms with Crippen molar-refractivity contribution in [1.82, 2.24) is 9.88 Å². The van der Waals surface area contributed by atoms with Crippen LogP contribution in [0.2, 0.25) is 0 Å². The van der Waals surface area contributed by atoms with Crippen LogP contribution in [0.5, 0.6) is 5.75 Å². The summed E-state index contributed by atoms with van der Waals surface area (Å²) in [6, 6.07) is 16.8. The molecule has 0 aliphatic carbocycles. The second-order valence-corrected chi connectivity index (χ2v) is 11.9. The van der Waals surface area contributed by atoms with Crippen molar-refractivity contribution in [2.45, 2.75) is 32.6 Å². The van der Waals surface area contributed by atoms with Crippen LogP contribution in [0, 0.1) is 13.8 Å². The van der Waals surface area contributed by atoms with Crippen LogP contribution in [0.15, 0.2) is 65.6 Å². The third kappa shape index (κ3) is 7.11. The molecule has 8 nitrogen and oxygen atoms in total. The van der Waals surface area contributed by atoms with E-state index in [0.717, 1.165) is 28.9 Å². The van der Waals surface area contributed by atoms with Crippen LogP contribution in [-0.2, 0) is 10.0 Å². The number of methoxy groups -OCH3 is 1. The summed E-state index contributed by atoms with van der Waals surface area (Å²) in [5, 5.41) is 0.622. The first-order valence-electron chi connectivity index (χ1n) is 12.8. The summed E-state index contributed by atoms with van der Waals surface area (Å²) >= 11 is 1.49. The maximum absolute atomic E-state index is 13.9. The Bertz CT molecular complexity index is 1530. The number of nitrogens with zero attached hydrogens (tertiary/aromatic N) is 3. The first-order valence-corrected chi connectivity index (χ1v) is 15.1. The number of sulfonamides is 1. The molecule has 1 heterocycles. The van der Waals surface area contributed by atoms with Gasteiger partial charge in [0.2, 0.25) is 0 Å². The second-order valence-electron chi connectivity index (χ2n) is 9.25. The highest BCUT2D eigenvalue weighted by Crippen LogP contribution is 2.32. The molecule has 0 unspecified atom stereocenters. The number of amides is 1. The Morgan fingerprint density at radius 1 is 0.975 bits per heavy atom. The standard InChI is InChI=1S/C29H34N4O4S2.ClH/c1-6-32(7-2)15-16-33(29-30-26-17-20(3)21(4)18-27(26)38-29)28(34)22-9-8-10-23(19-22)31-39(35,36)25-13-11-24(37-5)12-14-25;/h8-14,17-19,31H,6-7,15-16H2,1-5H3;1H. The summed E-state index contributed by atoms with van der Waals surface area (Å²) in [6.45, 7) is 11.2. The number of halogens is 1. The molecule has 1 amide bonds. The van der Waals surface area contributed by atoms with Gasteiger partial charge in [0, 0.05) is 24.3 Å². The van der Waals surface area contributed by atoms with Crippen LogP contribution in [-0.4, -0.2) is 57.5 Å². The minimum Gasteiger partial charge on any atom is -0.497 e. The molecule has 0 aliphatic heterocycles. The van der Waals surface area contributed by atoms with Gasteiger partial charge in [-0.1, -0.05) is 31.3 Å². The smallest absolute Gasteiger partial charge is 0.261 e. The maximum Gasteiger partial charge on any atom is 0.261 e. The van der Waals surface area contributed by atoms with Gasteiger partial charge in [-0.3, -0.25) is 14.4 Å². The van der Waals surface area contributed by atoms with E-state index in [1.807, 2.05) is 6.07 Å². The Kier molecular flexibility index (Phi) is 10.5. The average molecular weight is 603 g/mol. The second kappa shape index (κ2) is 13.5. The third-order valence-corrected chi connectivity index (χ3v) is 9.17. The number of aryl methyl sites for hydroxylation is 2. The number of likely N-dealkylation sites (N-methyl/N-ethyl adjacent to an activating group) is 1. The van der Waals surface area contributed by atoms with E-state index in [1.165, 1.54) is 36.1 Å². The van der Waals surface area contributed by atoms with E-state index in [-0.39, 0.29) is 23.2 Å². The van der Waals surface area contributed by atoms with Crippen molar-refractivity contribution in [2.24, 2.45) is 0 Å². The van der Waals surface area contributed by atoms with Crippen LogP contribution >= 0.6 is 23.7 Å². The van der Waals surface area contributed by atoms with E-state index >= 15 is 0 Å². The van der Waals surface area contributed by atoms with Crippen molar-refractivity contribution in [3.05, 3.63) is 77.4 Å². The number of rotatable bonds is 11. The first-order chi connectivity index (χ1) is 18.6. The minimum absolute atomic E-state index is 0. The van der Waals surface area contributed by atoms with E-state index in [9.17, 15) is 13.2 Å². The van der Waals surface area contributed by atoms with E-state index in [1.54, 1.807) is 41.3 Å². The zero-order valence-electron chi connectivity index (χ0n) is 23.3. The highest BCUT2D eigenvalue weighted by molar-refractivity contribution is 7.92. The number of aromatic nitrogens is 1. The summed E-state index contributed by atoms with van der Waals surface area (Å²) in [5.74, 6) is 0.326. The number of hydrogen-bond acceptors (Lipinski definition) is 7. The Hall–Kier alpha value is -3.18. The lowest BCUT2D eigenvalue weighted by atomic mass is 10.1. The molecule has 1 aromatic heterocycles. The van der Waals surface area contributed by atoms with Crippen molar-refractivity contribution in [2.75, 3.05) is 42.9 Å². The number of thiazole rings is 1. The van der Waals surface area contributed by atoms with Crippen LogP contribution in [0.25, 0.3) is 10.2 Å². The minimum atomic E-state index is -3.85. The van der Waals surface area contributed by atoms with E-state index in [4.69, 9.17) is 9.72 Å². The van der Waals surface area contributed by atoms with Gasteiger partial charge in [0.15, 0.2) is 5.13 Å². The monoisotopic (exact) mass is 602 g/mol. The molecule has 0 saturated carbocycles. The Labute approximate surface area is 246 Å². The highest BCUT2D eigenvalue weighted by Gasteiger charge is 2.23. The average Bonchev–Trinajstić information content (AvgIpc) is 3.33. The van der Waals surface area contributed by atoms with Gasteiger partial charge in [0.05, 0.1) is 22.2 Å². The van der Waals surface area contributed by atoms with Crippen LogP contribution in [0.3, 0.4) is 0 Å². The summed E-state index contributed by atoms with van der Waals surface area (Å²) in [6.07, 6.45) is 0. The fraction of sp³-hybridized carbons (Fsp3) is 0.310. The molecule has 214 valence electrons. The number of carbonyl (C=O) groups excluding carboxylic acids is 1. The van der Waals surface area contributed by atoms with Gasteiger partial charge < -0.3 is 9.64 Å². The first kappa shape index (κ1) is 31.3. The molecule has 0 atom stereocenters. The third-order valence-electron chi connectivity index (χ3n) is 6.73. The largest absolute Gasteiger partial charge is 0.497 e. The molecule has 0 fully saturated rings. The lowest BCUT2D eigenvalue weighted by molar-refractivity contribution is 0.0984. The lowest BCUT2D eigenvalue weighted by Gasteiger charge is -2.25. The molecular formula is C29H35ClN4O4S2. The van der Waals surface area contributed by atoms with E-state index in [0.29, 0.717) is 35.2 Å². The van der Waals surface area contributed by atoms with Crippen LogP contribution in [0.1, 0.15) is 35.3 Å². The van der Waals surface area contributed by atoms with E-state index in [2.05, 4.69) is 43.4 Å². The summed E-state index contributed by atoms with van der Waals surface area (Å²) in [4.78, 5) is 22.7. The SMILES string of the molecule is CCN(CC)CCN(C(=O)c1cccc(NS(=O)(=O)c2ccc(OC)cc2)c1)c1nc2cc(C)c(C)cc2s1.Cl. The molecule has 11 heteroatoms. The van der Waals surface area contributed by atoms with Crippen molar-refractivity contribution < 1.29 is 17.9 Å². The summed E-state index contributed by atoms with van der Waals surface area (Å²) in [7, 11) is -2.33. The van der Waals surface area contributed by atoms with Gasteiger partial charge >= 0.3 is 0 Å². The number of carbonyl (C=O) groups is 1. The molecule has 0 saturated heterocycles. The van der Waals surface area contributed by atoms with Gasteiger partial charge in [-0.05, 0) is 92.7 Å². The molecule has 0 aliphatic rings. The van der Waals surface area contributed by atoms with Gasteiger partial charge in [-0.2, -0.15) is 0 Å². The predicted octanol–water partition coefficient (Wildman–Crippen LogP) is 6.13. The number of nitrogens with one attached hydrogen (secondary N) is 1. The van der Waals surface area contributed by atoms with Crippen molar-refractivity contribution in [3.8, 4) is 5.75 Å². The van der Waals surface area contributed by atoms with Crippen LogP contribution < -0.4 is 14.4 Å². The number of hydrogen-bond donors (Lipinski definition) is 1. The fourth-order valence-electron chi connectivity index (χ4n) is 4.19. The number of benzene rings is 3. The Balaban J connectivity index is 0.00000441. The molecule has 3 aromatic carbocycles. The number of anilines is 2. The number of ether oxygens (including phenoxy) is 1. The van der Waals surface area contributed by atoms with Crippen molar-refractivity contribution in [1.29, 1.82) is 0 Å². The lowest BCUT2D eigenvalue weighted by Crippen LogP contribution is -2.38. The van der Waals surface area contributed by atoms with Crippen LogP contribution in [0.4, 0.5) is 10.8 Å². The molecule has 4 rings (SSSR count). The molecular weight excluding hydrogens is 568 g/mol. The number of fused-ring (bicyclic) bond motifs is 1. The topological polar surface area (TPSA) is 91.8 Å². The van der Waals surface area contributed by atoms with Gasteiger partial charge in [0.1, 0.15) is 5.75 Å². The highest BCUT2D eigenvalue weighted by atomic mass is 35.5. The maximum atomic E-state index is 13.9. The molecule has 0 spiro atoms. The van der Waals surface area contributed by atoms with E-state index < -0.39 is 10.0 Å². The van der Waals surface area contributed by atoms with Gasteiger partial charge in [-0.15, -0.1) is 12.4 Å². The predicted molar refractivity (Wildman–Crippen MR) is 166 cm³/mol. The molecule has 0 bridgehead atoms. The zero-order chi connectivity index (χ0) is 28.2. The zero-order valence-corrected chi connectivity index (χ0v) is 25.8. The Morgan fingerprint density at radius 2 is 1.65 bits per heavy atom.